The average Bonchev–Trinajstić information content (AvgIpc) is 2.34. The second kappa shape index (κ2) is 2.81. The molecule has 0 aliphatic carbocycles. The van der Waals surface area contributed by atoms with Crippen molar-refractivity contribution in [2.75, 3.05) is 0 Å². The van der Waals surface area contributed by atoms with Gasteiger partial charge in [-0.25, -0.2) is 0 Å². The summed E-state index contributed by atoms with van der Waals surface area (Å²) >= 11 is 0.887. The van der Waals surface area contributed by atoms with Gasteiger partial charge >= 0.3 is 0 Å². The van der Waals surface area contributed by atoms with Crippen molar-refractivity contribution in [3.63, 3.8) is 0 Å². The van der Waals surface area contributed by atoms with Crippen molar-refractivity contribution in [2.24, 2.45) is 0 Å². The molecule has 1 aromatic rings. The van der Waals surface area contributed by atoms with Gasteiger partial charge in [-0.1, -0.05) is 4.49 Å². The van der Waals surface area contributed by atoms with Crippen LogP contribution in [-0.2, 0) is 10.1 Å². The monoisotopic (exact) mass is 196 g/mol. The Morgan fingerprint density at radius 1 is 1.64 bits per heavy atom. The molecule has 0 saturated carbocycles. The molecule has 0 fully saturated rings. The highest BCUT2D eigenvalue weighted by atomic mass is 32.2. The van der Waals surface area contributed by atoms with Crippen LogP contribution in [0.3, 0.4) is 0 Å². The molecule has 11 heavy (non-hydrogen) atoms. The quantitative estimate of drug-likeness (QED) is 0.613. The molecule has 0 amide bonds. The maximum Gasteiger partial charge on any atom is 0.298 e. The van der Waals surface area contributed by atoms with Gasteiger partial charge < -0.3 is 5.11 Å². The lowest BCUT2D eigenvalue weighted by molar-refractivity contribution is 0.234. The summed E-state index contributed by atoms with van der Waals surface area (Å²) in [6.45, 7) is 0. The van der Waals surface area contributed by atoms with E-state index in [1.807, 2.05) is 0 Å². The Hall–Kier alpha value is -0.570. The number of aliphatic hydroxyl groups excluding tert-OH is 1. The predicted molar refractivity (Wildman–Crippen MR) is 36.4 cm³/mol. The first kappa shape index (κ1) is 8.53. The highest BCUT2D eigenvalue weighted by molar-refractivity contribution is 7.85. The van der Waals surface area contributed by atoms with Crippen molar-refractivity contribution in [3.8, 4) is 0 Å². The van der Waals surface area contributed by atoms with E-state index < -0.39 is 15.6 Å². The summed E-state index contributed by atoms with van der Waals surface area (Å²) in [6.07, 6.45) is 0. The van der Waals surface area contributed by atoms with Crippen LogP contribution in [-0.4, -0.2) is 27.7 Å². The minimum Gasteiger partial charge on any atom is -0.370 e. The zero-order valence-electron chi connectivity index (χ0n) is 5.08. The van der Waals surface area contributed by atoms with Crippen LogP contribution in [0.1, 0.15) is 11.1 Å². The van der Waals surface area contributed by atoms with Crippen LogP contribution in [0.15, 0.2) is 5.38 Å². The Balaban J connectivity index is 2.97. The Bertz CT molecular complexity index is 317. The van der Waals surface area contributed by atoms with E-state index in [0.717, 1.165) is 11.5 Å². The van der Waals surface area contributed by atoms with E-state index in [0.29, 0.717) is 0 Å². The topological polar surface area (TPSA) is 100 Å². The van der Waals surface area contributed by atoms with Gasteiger partial charge in [-0.2, -0.15) is 8.42 Å². The second-order valence-electron chi connectivity index (χ2n) is 1.70. The van der Waals surface area contributed by atoms with Crippen molar-refractivity contribution >= 4 is 21.7 Å². The summed E-state index contributed by atoms with van der Waals surface area (Å²) in [5, 5.41) is 13.3. The molecule has 0 aromatic carbocycles. The first-order valence-corrected chi connectivity index (χ1v) is 4.77. The van der Waals surface area contributed by atoms with E-state index >= 15 is 0 Å². The van der Waals surface area contributed by atoms with Crippen LogP contribution in [0.25, 0.3) is 0 Å². The lowest BCUT2D eigenvalue weighted by atomic mass is 10.5. The first-order valence-electron chi connectivity index (χ1n) is 2.43. The molecule has 62 valence electrons. The van der Waals surface area contributed by atoms with E-state index in [-0.39, 0.29) is 5.69 Å². The number of rotatable bonds is 2. The normalized spacial score (nSPS) is 14.7. The minimum atomic E-state index is -4.47. The fourth-order valence-corrected chi connectivity index (χ4v) is 1.41. The summed E-state index contributed by atoms with van der Waals surface area (Å²) in [5.74, 6) is 0. The van der Waals surface area contributed by atoms with Crippen LogP contribution in [0, 0.1) is 0 Å². The van der Waals surface area contributed by atoms with Crippen molar-refractivity contribution < 1.29 is 18.1 Å². The van der Waals surface area contributed by atoms with Gasteiger partial charge in [0.1, 0.15) is 5.69 Å². The second-order valence-corrected chi connectivity index (χ2v) is 3.78. The molecule has 8 heteroatoms. The smallest absolute Gasteiger partial charge is 0.298 e. The summed E-state index contributed by atoms with van der Waals surface area (Å²) in [6, 6.07) is 0. The molecule has 0 aliphatic heterocycles. The van der Waals surface area contributed by atoms with Crippen molar-refractivity contribution in [3.05, 3.63) is 11.1 Å². The Labute approximate surface area is 66.4 Å². The Morgan fingerprint density at radius 3 is 2.64 bits per heavy atom. The molecule has 1 atom stereocenters. The zero-order valence-corrected chi connectivity index (χ0v) is 6.71. The van der Waals surface area contributed by atoms with Gasteiger partial charge in [0.2, 0.25) is 5.44 Å². The Kier molecular flexibility index (Phi) is 2.18. The van der Waals surface area contributed by atoms with E-state index in [2.05, 4.69) is 9.59 Å². The standard InChI is InChI=1S/C3H4N2O4S2/c6-3(11(7,8)9)2-1-10-5-4-2/h1,3,6H,(H,7,8,9). The zero-order chi connectivity index (χ0) is 8.48. The van der Waals surface area contributed by atoms with Gasteiger partial charge in [0.05, 0.1) is 0 Å². The number of aromatic nitrogens is 2. The van der Waals surface area contributed by atoms with Crippen LogP contribution in [0.2, 0.25) is 0 Å². The fraction of sp³-hybridized carbons (Fsp3) is 0.333. The molecule has 2 N–H and O–H groups in total. The third-order valence-corrected chi connectivity index (χ3v) is 2.24. The SMILES string of the molecule is O=S(=O)(O)C(O)c1csnn1. The van der Waals surface area contributed by atoms with Crippen molar-refractivity contribution in [1.29, 1.82) is 0 Å². The summed E-state index contributed by atoms with van der Waals surface area (Å²) in [7, 11) is -4.47. The van der Waals surface area contributed by atoms with Gasteiger partial charge in [0, 0.05) is 5.38 Å². The van der Waals surface area contributed by atoms with Crippen LogP contribution >= 0.6 is 11.5 Å². The molecule has 1 aromatic heterocycles. The summed E-state index contributed by atoms with van der Waals surface area (Å²) < 4.78 is 32.2. The molecule has 1 rings (SSSR count). The van der Waals surface area contributed by atoms with Crippen molar-refractivity contribution in [1.82, 2.24) is 9.59 Å². The maximum atomic E-state index is 10.3. The molecule has 0 radical (unpaired) electrons. The van der Waals surface area contributed by atoms with Crippen molar-refractivity contribution in [2.45, 2.75) is 5.44 Å². The maximum absolute atomic E-state index is 10.3. The molecular weight excluding hydrogens is 192 g/mol. The van der Waals surface area contributed by atoms with Gasteiger partial charge in [-0.05, 0) is 11.5 Å². The van der Waals surface area contributed by atoms with Gasteiger partial charge in [-0.15, -0.1) is 5.10 Å². The third-order valence-electron chi connectivity index (χ3n) is 0.912. The predicted octanol–water partition coefficient (Wildman–Crippen LogP) is -0.583. The number of hydrogen-bond acceptors (Lipinski definition) is 6. The lowest BCUT2D eigenvalue weighted by Crippen LogP contribution is -2.11. The third kappa shape index (κ3) is 1.93. The molecule has 0 aliphatic rings. The highest BCUT2D eigenvalue weighted by Gasteiger charge is 2.23. The summed E-state index contributed by atoms with van der Waals surface area (Å²) in [5.41, 5.74) is -2.15. The molecule has 0 spiro atoms. The van der Waals surface area contributed by atoms with E-state index in [9.17, 15) is 8.42 Å². The average molecular weight is 196 g/mol. The number of hydrogen-bond donors (Lipinski definition) is 2. The number of aliphatic hydroxyl groups is 1. The first-order chi connectivity index (χ1) is 5.02. The van der Waals surface area contributed by atoms with Crippen LogP contribution in [0.4, 0.5) is 0 Å². The van der Waals surface area contributed by atoms with Gasteiger partial charge in [0.15, 0.2) is 0 Å². The van der Waals surface area contributed by atoms with Gasteiger partial charge in [-0.3, -0.25) is 4.55 Å². The Morgan fingerprint density at radius 2 is 2.27 bits per heavy atom. The molecule has 6 nitrogen and oxygen atoms in total. The van der Waals surface area contributed by atoms with E-state index in [4.69, 9.17) is 9.66 Å². The van der Waals surface area contributed by atoms with Crippen LogP contribution in [0.5, 0.6) is 0 Å². The van der Waals surface area contributed by atoms with Crippen LogP contribution < -0.4 is 0 Å². The highest BCUT2D eigenvalue weighted by Crippen LogP contribution is 2.15. The molecule has 1 unspecified atom stereocenters. The molecule has 0 saturated heterocycles. The summed E-state index contributed by atoms with van der Waals surface area (Å²) in [4.78, 5) is 0. The fourth-order valence-electron chi connectivity index (χ4n) is 0.432. The van der Waals surface area contributed by atoms with E-state index in [1.165, 1.54) is 5.38 Å². The lowest BCUT2D eigenvalue weighted by Gasteiger charge is -2.00. The molecule has 1 heterocycles. The minimum absolute atomic E-state index is 0.169. The van der Waals surface area contributed by atoms with Gasteiger partial charge in [0.25, 0.3) is 10.1 Å². The van der Waals surface area contributed by atoms with E-state index in [1.54, 1.807) is 0 Å². The molecular formula is C3H4N2O4S2. The largest absolute Gasteiger partial charge is 0.370 e. The number of nitrogens with zero attached hydrogens (tertiary/aromatic N) is 2. The molecule has 0 bridgehead atoms.